The van der Waals surface area contributed by atoms with Crippen LogP contribution in [0.3, 0.4) is 0 Å². The molecule has 0 bridgehead atoms. The molecule has 2 heteroatoms. The summed E-state index contributed by atoms with van der Waals surface area (Å²) in [5, 5.41) is 3.41. The number of nitrogens with one attached hydrogen (secondary N) is 1. The van der Waals surface area contributed by atoms with Crippen LogP contribution in [-0.2, 0) is 0 Å². The molecule has 1 saturated heterocycles. The van der Waals surface area contributed by atoms with Crippen molar-refractivity contribution < 1.29 is 0 Å². The van der Waals surface area contributed by atoms with Crippen LogP contribution in [0.25, 0.3) is 0 Å². The van der Waals surface area contributed by atoms with Gasteiger partial charge in [-0.1, -0.05) is 20.8 Å². The van der Waals surface area contributed by atoms with Crippen molar-refractivity contribution in [2.24, 2.45) is 11.8 Å². The van der Waals surface area contributed by atoms with Crippen molar-refractivity contribution in [2.75, 3.05) is 26.2 Å². The van der Waals surface area contributed by atoms with Crippen LogP contribution in [0.2, 0.25) is 0 Å². The molecule has 1 aliphatic heterocycles. The molecule has 0 aliphatic carbocycles. The standard InChI is InChI=1S/C15H32N2/c1-5-16-10-6-7-14(4)17-11-8-15(9-12-17)13(2)3/h13-16H,5-12H2,1-4H3. The highest BCUT2D eigenvalue weighted by Gasteiger charge is 2.23. The Morgan fingerprint density at radius 2 is 1.82 bits per heavy atom. The van der Waals surface area contributed by atoms with Gasteiger partial charge < -0.3 is 10.2 Å². The molecule has 0 radical (unpaired) electrons. The van der Waals surface area contributed by atoms with Gasteiger partial charge in [0.05, 0.1) is 0 Å². The Labute approximate surface area is 108 Å². The van der Waals surface area contributed by atoms with Crippen LogP contribution in [0, 0.1) is 11.8 Å². The fraction of sp³-hybridized carbons (Fsp3) is 1.00. The summed E-state index contributed by atoms with van der Waals surface area (Å²) in [5.74, 6) is 1.85. The molecule has 0 saturated carbocycles. The van der Waals surface area contributed by atoms with Gasteiger partial charge in [-0.2, -0.15) is 0 Å². The van der Waals surface area contributed by atoms with Crippen LogP contribution < -0.4 is 5.32 Å². The number of likely N-dealkylation sites (tertiary alicyclic amines) is 1. The second-order valence-electron chi connectivity index (χ2n) is 5.96. The van der Waals surface area contributed by atoms with Gasteiger partial charge in [-0.3, -0.25) is 0 Å². The summed E-state index contributed by atoms with van der Waals surface area (Å²) in [6.45, 7) is 14.3. The topological polar surface area (TPSA) is 15.3 Å². The van der Waals surface area contributed by atoms with Crippen molar-refractivity contribution in [2.45, 2.75) is 59.4 Å². The van der Waals surface area contributed by atoms with Crippen LogP contribution in [0.4, 0.5) is 0 Å². The first-order valence-electron chi connectivity index (χ1n) is 7.59. The summed E-state index contributed by atoms with van der Waals surface area (Å²) in [5.41, 5.74) is 0. The third-order valence-corrected chi connectivity index (χ3v) is 4.37. The Morgan fingerprint density at radius 1 is 1.18 bits per heavy atom. The smallest absolute Gasteiger partial charge is 0.00674 e. The van der Waals surface area contributed by atoms with Crippen LogP contribution in [0.5, 0.6) is 0 Å². The molecule has 1 heterocycles. The SMILES string of the molecule is CCNCCCC(C)N1CCC(C(C)C)CC1. The molecule has 1 fully saturated rings. The van der Waals surface area contributed by atoms with E-state index in [1.54, 1.807) is 0 Å². The van der Waals surface area contributed by atoms with Crippen molar-refractivity contribution in [3.05, 3.63) is 0 Å². The van der Waals surface area contributed by atoms with E-state index >= 15 is 0 Å². The van der Waals surface area contributed by atoms with Crippen molar-refractivity contribution in [1.82, 2.24) is 10.2 Å². The molecule has 1 atom stereocenters. The minimum absolute atomic E-state index is 0.779. The van der Waals surface area contributed by atoms with E-state index in [9.17, 15) is 0 Å². The zero-order valence-electron chi connectivity index (χ0n) is 12.3. The molecule has 0 aromatic rings. The van der Waals surface area contributed by atoms with E-state index in [2.05, 4.69) is 37.9 Å². The molecule has 1 rings (SSSR count). The molecule has 0 aromatic carbocycles. The maximum atomic E-state index is 3.41. The molecule has 0 aromatic heterocycles. The van der Waals surface area contributed by atoms with Gasteiger partial charge >= 0.3 is 0 Å². The summed E-state index contributed by atoms with van der Waals surface area (Å²) in [6.07, 6.45) is 5.49. The average molecular weight is 240 g/mol. The van der Waals surface area contributed by atoms with E-state index in [-0.39, 0.29) is 0 Å². The number of hydrogen-bond donors (Lipinski definition) is 1. The van der Waals surface area contributed by atoms with Gasteiger partial charge in [0.25, 0.3) is 0 Å². The van der Waals surface area contributed by atoms with Gasteiger partial charge in [0, 0.05) is 6.04 Å². The summed E-state index contributed by atoms with van der Waals surface area (Å²) >= 11 is 0. The summed E-state index contributed by atoms with van der Waals surface area (Å²) < 4.78 is 0. The van der Waals surface area contributed by atoms with Crippen molar-refractivity contribution in [1.29, 1.82) is 0 Å². The maximum Gasteiger partial charge on any atom is 0.00674 e. The molecule has 1 N–H and O–H groups in total. The molecule has 17 heavy (non-hydrogen) atoms. The fourth-order valence-electron chi connectivity index (χ4n) is 2.91. The van der Waals surface area contributed by atoms with Gasteiger partial charge in [-0.05, 0) is 70.6 Å². The first kappa shape index (κ1) is 15.0. The number of nitrogens with zero attached hydrogens (tertiary/aromatic N) is 1. The summed E-state index contributed by atoms with van der Waals surface area (Å²) in [7, 11) is 0. The molecule has 2 nitrogen and oxygen atoms in total. The van der Waals surface area contributed by atoms with E-state index in [0.717, 1.165) is 24.4 Å². The Hall–Kier alpha value is -0.0800. The molecular formula is C15H32N2. The van der Waals surface area contributed by atoms with Crippen molar-refractivity contribution in [3.8, 4) is 0 Å². The molecular weight excluding hydrogens is 208 g/mol. The van der Waals surface area contributed by atoms with E-state index in [1.807, 2.05) is 0 Å². The van der Waals surface area contributed by atoms with Crippen LogP contribution in [0.15, 0.2) is 0 Å². The number of rotatable bonds is 7. The minimum Gasteiger partial charge on any atom is -0.317 e. The summed E-state index contributed by atoms with van der Waals surface area (Å²) in [4.78, 5) is 2.70. The first-order chi connectivity index (χ1) is 8.15. The zero-order valence-corrected chi connectivity index (χ0v) is 12.3. The molecule has 102 valence electrons. The lowest BCUT2D eigenvalue weighted by Crippen LogP contribution is -2.41. The molecule has 1 aliphatic rings. The third kappa shape index (κ3) is 5.39. The normalized spacial score (nSPS) is 21.0. The Bertz CT molecular complexity index is 183. The van der Waals surface area contributed by atoms with Gasteiger partial charge in [0.2, 0.25) is 0 Å². The van der Waals surface area contributed by atoms with E-state index in [1.165, 1.54) is 45.3 Å². The lowest BCUT2D eigenvalue weighted by Gasteiger charge is -2.37. The fourth-order valence-corrected chi connectivity index (χ4v) is 2.91. The lowest BCUT2D eigenvalue weighted by atomic mass is 9.86. The van der Waals surface area contributed by atoms with Crippen molar-refractivity contribution >= 4 is 0 Å². The van der Waals surface area contributed by atoms with E-state index < -0.39 is 0 Å². The molecule has 1 unspecified atom stereocenters. The Balaban J connectivity index is 2.14. The second kappa shape index (κ2) is 8.10. The van der Waals surface area contributed by atoms with Crippen LogP contribution in [-0.4, -0.2) is 37.1 Å². The van der Waals surface area contributed by atoms with Gasteiger partial charge in [-0.15, -0.1) is 0 Å². The maximum absolute atomic E-state index is 3.41. The number of piperidine rings is 1. The molecule has 0 spiro atoms. The minimum atomic E-state index is 0.779. The highest BCUT2D eigenvalue weighted by molar-refractivity contribution is 4.77. The highest BCUT2D eigenvalue weighted by atomic mass is 15.2. The Kier molecular flexibility index (Phi) is 7.14. The number of hydrogen-bond acceptors (Lipinski definition) is 2. The molecule has 0 amide bonds. The zero-order chi connectivity index (χ0) is 12.7. The summed E-state index contributed by atoms with van der Waals surface area (Å²) in [6, 6.07) is 0.779. The largest absolute Gasteiger partial charge is 0.317 e. The van der Waals surface area contributed by atoms with E-state index in [0.29, 0.717) is 0 Å². The van der Waals surface area contributed by atoms with Gasteiger partial charge in [0.15, 0.2) is 0 Å². The third-order valence-electron chi connectivity index (χ3n) is 4.37. The van der Waals surface area contributed by atoms with Crippen molar-refractivity contribution in [3.63, 3.8) is 0 Å². The average Bonchev–Trinajstić information content (AvgIpc) is 2.34. The first-order valence-corrected chi connectivity index (χ1v) is 7.59. The van der Waals surface area contributed by atoms with Gasteiger partial charge in [0.1, 0.15) is 0 Å². The van der Waals surface area contributed by atoms with Gasteiger partial charge in [-0.25, -0.2) is 0 Å². The second-order valence-corrected chi connectivity index (χ2v) is 5.96. The Morgan fingerprint density at radius 3 is 2.35 bits per heavy atom. The highest BCUT2D eigenvalue weighted by Crippen LogP contribution is 2.26. The van der Waals surface area contributed by atoms with Crippen LogP contribution in [0.1, 0.15) is 53.4 Å². The predicted molar refractivity (Wildman–Crippen MR) is 76.4 cm³/mol. The predicted octanol–water partition coefficient (Wildman–Crippen LogP) is 3.13. The van der Waals surface area contributed by atoms with E-state index in [4.69, 9.17) is 0 Å². The monoisotopic (exact) mass is 240 g/mol. The quantitative estimate of drug-likeness (QED) is 0.688. The van der Waals surface area contributed by atoms with Crippen LogP contribution >= 0.6 is 0 Å². The lowest BCUT2D eigenvalue weighted by molar-refractivity contribution is 0.116.